The van der Waals surface area contributed by atoms with Crippen molar-refractivity contribution in [1.29, 1.82) is 0 Å². The number of anilines is 1. The molecular formula is C18H16ClN3O3. The minimum atomic E-state index is -0.857. The maximum Gasteiger partial charge on any atom is 0.329 e. The number of benzene rings is 1. The molecule has 1 spiro atoms. The minimum Gasteiger partial charge on any atom is -0.495 e. The van der Waals surface area contributed by atoms with Crippen LogP contribution in [0.2, 0.25) is 5.02 Å². The van der Waals surface area contributed by atoms with Gasteiger partial charge < -0.3 is 10.1 Å². The number of nitrogens with zero attached hydrogens (tertiary/aromatic N) is 2. The quantitative estimate of drug-likeness (QED) is 0.857. The van der Waals surface area contributed by atoms with Crippen molar-refractivity contribution in [1.82, 2.24) is 10.3 Å². The smallest absolute Gasteiger partial charge is 0.329 e. The summed E-state index contributed by atoms with van der Waals surface area (Å²) in [6, 6.07) is 8.79. The fourth-order valence-corrected chi connectivity index (χ4v) is 3.87. The lowest BCUT2D eigenvalue weighted by atomic mass is 9.65. The van der Waals surface area contributed by atoms with Crippen molar-refractivity contribution in [3.05, 3.63) is 53.3 Å². The predicted octanol–water partition coefficient (Wildman–Crippen LogP) is 3.12. The molecule has 1 aromatic heterocycles. The standard InChI is InChI=1S/C18H16ClN3O3/c1-25-13-6-12(9-20-10-13)22-16(23)18(21-17(22)24)7-11(8-18)14-4-2-3-5-15(14)19/h2-6,9-11H,7-8H2,1H3,(H,21,24). The molecule has 1 saturated carbocycles. The molecule has 2 fully saturated rings. The Morgan fingerprint density at radius 2 is 2.04 bits per heavy atom. The van der Waals surface area contributed by atoms with Gasteiger partial charge in [0.05, 0.1) is 25.2 Å². The van der Waals surface area contributed by atoms with E-state index in [1.807, 2.05) is 24.3 Å². The number of carbonyl (C=O) groups is 2. The van der Waals surface area contributed by atoms with Gasteiger partial charge in [-0.2, -0.15) is 0 Å². The topological polar surface area (TPSA) is 71.5 Å². The fourth-order valence-electron chi connectivity index (χ4n) is 3.58. The van der Waals surface area contributed by atoms with E-state index in [0.717, 1.165) is 10.5 Å². The van der Waals surface area contributed by atoms with Gasteiger partial charge in [-0.25, -0.2) is 9.69 Å². The van der Waals surface area contributed by atoms with E-state index in [-0.39, 0.29) is 11.8 Å². The summed E-state index contributed by atoms with van der Waals surface area (Å²) in [5.74, 6) is 0.388. The number of amides is 3. The lowest BCUT2D eigenvalue weighted by Gasteiger charge is -2.43. The summed E-state index contributed by atoms with van der Waals surface area (Å²) in [5, 5.41) is 3.54. The largest absolute Gasteiger partial charge is 0.495 e. The molecule has 0 unspecified atom stereocenters. The van der Waals surface area contributed by atoms with E-state index in [1.165, 1.54) is 19.5 Å². The number of hydrogen-bond donors (Lipinski definition) is 1. The van der Waals surface area contributed by atoms with E-state index >= 15 is 0 Å². The summed E-state index contributed by atoms with van der Waals surface area (Å²) in [6.45, 7) is 0. The number of rotatable bonds is 3. The summed E-state index contributed by atoms with van der Waals surface area (Å²) in [7, 11) is 1.51. The molecule has 6 nitrogen and oxygen atoms in total. The first-order chi connectivity index (χ1) is 12.0. The molecule has 25 heavy (non-hydrogen) atoms. The molecule has 0 radical (unpaired) electrons. The average molecular weight is 358 g/mol. The van der Waals surface area contributed by atoms with Gasteiger partial charge in [-0.05, 0) is 30.4 Å². The third kappa shape index (κ3) is 2.44. The molecule has 128 valence electrons. The molecule has 0 bridgehead atoms. The van der Waals surface area contributed by atoms with Crippen molar-refractivity contribution >= 4 is 29.2 Å². The van der Waals surface area contributed by atoms with Crippen molar-refractivity contribution < 1.29 is 14.3 Å². The van der Waals surface area contributed by atoms with Gasteiger partial charge in [0.25, 0.3) is 5.91 Å². The number of halogens is 1. The van der Waals surface area contributed by atoms with Crippen LogP contribution >= 0.6 is 11.6 Å². The van der Waals surface area contributed by atoms with Crippen LogP contribution in [0.1, 0.15) is 24.3 Å². The molecule has 1 aliphatic carbocycles. The zero-order valence-electron chi connectivity index (χ0n) is 13.5. The molecule has 1 aliphatic heterocycles. The average Bonchev–Trinajstić information content (AvgIpc) is 2.85. The second-order valence-corrected chi connectivity index (χ2v) is 6.77. The summed E-state index contributed by atoms with van der Waals surface area (Å²) in [5.41, 5.74) is 0.558. The molecule has 3 amide bonds. The number of urea groups is 1. The minimum absolute atomic E-state index is 0.154. The molecule has 0 atom stereocenters. The Hall–Kier alpha value is -2.60. The van der Waals surface area contributed by atoms with Crippen LogP contribution in [0.25, 0.3) is 0 Å². The first-order valence-corrected chi connectivity index (χ1v) is 8.32. The highest BCUT2D eigenvalue weighted by Gasteiger charge is 2.59. The van der Waals surface area contributed by atoms with Crippen LogP contribution in [0.5, 0.6) is 5.75 Å². The van der Waals surface area contributed by atoms with E-state index < -0.39 is 11.6 Å². The highest BCUT2D eigenvalue weighted by molar-refractivity contribution is 6.31. The third-order valence-corrected chi connectivity index (χ3v) is 5.23. The first kappa shape index (κ1) is 15.9. The van der Waals surface area contributed by atoms with Crippen LogP contribution in [0, 0.1) is 0 Å². The normalized spacial score (nSPS) is 25.0. The SMILES string of the molecule is COc1cncc(N2C(=O)NC3(CC(c4ccccc4Cl)C3)C2=O)c1. The van der Waals surface area contributed by atoms with Gasteiger partial charge in [0.1, 0.15) is 11.3 Å². The van der Waals surface area contributed by atoms with E-state index in [4.69, 9.17) is 16.3 Å². The number of carbonyl (C=O) groups excluding carboxylic acids is 2. The van der Waals surface area contributed by atoms with E-state index in [9.17, 15) is 9.59 Å². The van der Waals surface area contributed by atoms with E-state index in [2.05, 4.69) is 10.3 Å². The molecule has 1 saturated heterocycles. The van der Waals surface area contributed by atoms with E-state index in [1.54, 1.807) is 6.07 Å². The van der Waals surface area contributed by atoms with Crippen LogP contribution in [0.3, 0.4) is 0 Å². The molecule has 1 N–H and O–H groups in total. The van der Waals surface area contributed by atoms with Crippen LogP contribution in [-0.2, 0) is 4.79 Å². The number of methoxy groups -OCH3 is 1. The Morgan fingerprint density at radius 1 is 1.28 bits per heavy atom. The maximum absolute atomic E-state index is 12.9. The van der Waals surface area contributed by atoms with Crippen LogP contribution in [-0.4, -0.2) is 29.6 Å². The van der Waals surface area contributed by atoms with Gasteiger partial charge in [-0.15, -0.1) is 0 Å². The number of ether oxygens (including phenoxy) is 1. The Balaban J connectivity index is 1.57. The Labute approximate surface area is 149 Å². The molecule has 2 heterocycles. The zero-order valence-corrected chi connectivity index (χ0v) is 14.3. The summed E-state index contributed by atoms with van der Waals surface area (Å²) < 4.78 is 5.12. The van der Waals surface area contributed by atoms with Gasteiger partial charge in [0, 0.05) is 11.1 Å². The lowest BCUT2D eigenvalue weighted by molar-refractivity contribution is -0.125. The van der Waals surface area contributed by atoms with Gasteiger partial charge in [-0.1, -0.05) is 29.8 Å². The zero-order chi connectivity index (χ0) is 17.6. The van der Waals surface area contributed by atoms with Crippen molar-refractivity contribution in [3.63, 3.8) is 0 Å². The molecule has 2 aliphatic rings. The summed E-state index contributed by atoms with van der Waals surface area (Å²) in [4.78, 5) is 30.5. The summed E-state index contributed by atoms with van der Waals surface area (Å²) in [6.07, 6.45) is 4.07. The second-order valence-electron chi connectivity index (χ2n) is 6.36. The monoisotopic (exact) mass is 357 g/mol. The molecule has 7 heteroatoms. The predicted molar refractivity (Wildman–Crippen MR) is 93.0 cm³/mol. The molecule has 1 aromatic carbocycles. The Morgan fingerprint density at radius 3 is 2.76 bits per heavy atom. The maximum atomic E-state index is 12.9. The fraction of sp³-hybridized carbons (Fsp3) is 0.278. The Kier molecular flexibility index (Phi) is 3.65. The van der Waals surface area contributed by atoms with Gasteiger partial charge in [0.2, 0.25) is 0 Å². The number of imide groups is 1. The van der Waals surface area contributed by atoms with Crippen molar-refractivity contribution in [2.24, 2.45) is 0 Å². The van der Waals surface area contributed by atoms with Gasteiger partial charge in [0.15, 0.2) is 0 Å². The second kappa shape index (κ2) is 5.74. The number of hydrogen-bond acceptors (Lipinski definition) is 4. The van der Waals surface area contributed by atoms with Crippen molar-refractivity contribution in [2.75, 3.05) is 12.0 Å². The molecular weight excluding hydrogens is 342 g/mol. The number of pyridine rings is 1. The highest BCUT2D eigenvalue weighted by atomic mass is 35.5. The van der Waals surface area contributed by atoms with Gasteiger partial charge in [-0.3, -0.25) is 9.78 Å². The first-order valence-electron chi connectivity index (χ1n) is 7.94. The molecule has 2 aromatic rings. The van der Waals surface area contributed by atoms with Crippen molar-refractivity contribution in [3.8, 4) is 5.75 Å². The number of nitrogens with one attached hydrogen (secondary N) is 1. The van der Waals surface area contributed by atoms with Crippen LogP contribution in [0.4, 0.5) is 10.5 Å². The molecule has 4 rings (SSSR count). The van der Waals surface area contributed by atoms with Crippen molar-refractivity contribution in [2.45, 2.75) is 24.3 Å². The van der Waals surface area contributed by atoms with E-state index in [0.29, 0.717) is 29.3 Å². The third-order valence-electron chi connectivity index (χ3n) is 4.89. The number of aromatic nitrogens is 1. The summed E-state index contributed by atoms with van der Waals surface area (Å²) >= 11 is 6.25. The Bertz CT molecular complexity index is 864. The highest BCUT2D eigenvalue weighted by Crippen LogP contribution is 2.49. The lowest BCUT2D eigenvalue weighted by Crippen LogP contribution is -2.56. The van der Waals surface area contributed by atoms with Gasteiger partial charge >= 0.3 is 6.03 Å². The van der Waals surface area contributed by atoms with Crippen LogP contribution in [0.15, 0.2) is 42.7 Å². The van der Waals surface area contributed by atoms with Crippen LogP contribution < -0.4 is 15.0 Å².